The summed E-state index contributed by atoms with van der Waals surface area (Å²) in [7, 11) is 1.28. The van der Waals surface area contributed by atoms with E-state index in [2.05, 4.69) is 17.4 Å². The summed E-state index contributed by atoms with van der Waals surface area (Å²) in [6.07, 6.45) is 0. The van der Waals surface area contributed by atoms with Gasteiger partial charge < -0.3 is 4.74 Å². The number of carbonyl (C=O) groups excluding carboxylic acids is 1. The van der Waals surface area contributed by atoms with E-state index in [1.807, 2.05) is 6.07 Å². The van der Waals surface area contributed by atoms with Crippen molar-refractivity contribution in [3.05, 3.63) is 28.8 Å². The molecule has 72 valence electrons. The van der Waals surface area contributed by atoms with Gasteiger partial charge in [0.05, 0.1) is 18.2 Å². The Morgan fingerprint density at radius 1 is 1.57 bits per heavy atom. The Balaban J connectivity index is 3.47. The van der Waals surface area contributed by atoms with E-state index in [1.54, 1.807) is 19.1 Å². The van der Waals surface area contributed by atoms with Gasteiger partial charge in [-0.25, -0.2) is 4.79 Å². The first-order valence-electron chi connectivity index (χ1n) is 3.92. The summed E-state index contributed by atoms with van der Waals surface area (Å²) in [4.78, 5) is 11.8. The third-order valence-electron chi connectivity index (χ3n) is 1.89. The molecule has 14 heavy (non-hydrogen) atoms. The van der Waals surface area contributed by atoms with Gasteiger partial charge in [0.25, 0.3) is 0 Å². The number of hydrogen-bond donors (Lipinski definition) is 1. The minimum absolute atomic E-state index is 0.235. The molecule has 0 bridgehead atoms. The standard InChI is InChI=1S/C10H9NO2S/c1-6-3-4-8(14)9(7(6)5-11)10(12)13-2/h3-4,14H,1-2H3. The number of aryl methyl sites for hydroxylation is 1. The number of thiol groups is 1. The van der Waals surface area contributed by atoms with Gasteiger partial charge in [-0.15, -0.1) is 12.6 Å². The fraction of sp³-hybridized carbons (Fsp3) is 0.200. The molecule has 0 saturated carbocycles. The van der Waals surface area contributed by atoms with Crippen LogP contribution in [-0.4, -0.2) is 13.1 Å². The molecule has 0 atom stereocenters. The molecule has 0 aliphatic heterocycles. The average Bonchev–Trinajstić information content (AvgIpc) is 2.19. The fourth-order valence-electron chi connectivity index (χ4n) is 1.15. The molecule has 0 aromatic heterocycles. The number of rotatable bonds is 1. The van der Waals surface area contributed by atoms with Crippen LogP contribution in [0.3, 0.4) is 0 Å². The van der Waals surface area contributed by atoms with E-state index in [9.17, 15) is 4.79 Å². The Kier molecular flexibility index (Phi) is 3.15. The van der Waals surface area contributed by atoms with Gasteiger partial charge in [-0.05, 0) is 18.6 Å². The van der Waals surface area contributed by atoms with E-state index in [-0.39, 0.29) is 5.56 Å². The molecular formula is C10H9NO2S. The average molecular weight is 207 g/mol. The van der Waals surface area contributed by atoms with Gasteiger partial charge in [0.15, 0.2) is 0 Å². The highest BCUT2D eigenvalue weighted by Gasteiger charge is 2.16. The van der Waals surface area contributed by atoms with Gasteiger partial charge >= 0.3 is 5.97 Å². The molecule has 0 aliphatic rings. The van der Waals surface area contributed by atoms with Crippen LogP contribution in [0.1, 0.15) is 21.5 Å². The monoisotopic (exact) mass is 207 g/mol. The second-order valence-electron chi connectivity index (χ2n) is 2.75. The summed E-state index contributed by atoms with van der Waals surface area (Å²) in [5, 5.41) is 8.88. The van der Waals surface area contributed by atoms with Crippen molar-refractivity contribution in [2.75, 3.05) is 7.11 Å². The second-order valence-corrected chi connectivity index (χ2v) is 3.24. The van der Waals surface area contributed by atoms with Crippen LogP contribution in [0.15, 0.2) is 17.0 Å². The summed E-state index contributed by atoms with van der Waals surface area (Å²) in [5.41, 5.74) is 1.30. The second kappa shape index (κ2) is 4.16. The number of nitriles is 1. The van der Waals surface area contributed by atoms with Crippen LogP contribution in [0.25, 0.3) is 0 Å². The maximum atomic E-state index is 11.3. The number of benzene rings is 1. The zero-order valence-corrected chi connectivity index (χ0v) is 8.76. The highest BCUT2D eigenvalue weighted by Crippen LogP contribution is 2.21. The summed E-state index contributed by atoms with van der Waals surface area (Å²) >= 11 is 4.11. The van der Waals surface area contributed by atoms with Crippen molar-refractivity contribution in [3.8, 4) is 6.07 Å². The lowest BCUT2D eigenvalue weighted by Gasteiger charge is -2.06. The lowest BCUT2D eigenvalue weighted by atomic mass is 10.0. The fourth-order valence-corrected chi connectivity index (χ4v) is 1.43. The number of hydrogen-bond acceptors (Lipinski definition) is 4. The maximum absolute atomic E-state index is 11.3. The van der Waals surface area contributed by atoms with Crippen LogP contribution in [0.4, 0.5) is 0 Å². The summed E-state index contributed by atoms with van der Waals surface area (Å²) in [6.45, 7) is 1.76. The third kappa shape index (κ3) is 1.73. The Bertz CT molecular complexity index is 421. The van der Waals surface area contributed by atoms with Gasteiger partial charge in [-0.1, -0.05) is 6.07 Å². The Morgan fingerprint density at radius 2 is 2.21 bits per heavy atom. The van der Waals surface area contributed by atoms with Crippen molar-refractivity contribution in [3.63, 3.8) is 0 Å². The molecule has 0 amide bonds. The number of nitrogens with zero attached hydrogens (tertiary/aromatic N) is 1. The lowest BCUT2D eigenvalue weighted by Crippen LogP contribution is -2.06. The van der Waals surface area contributed by atoms with Crippen molar-refractivity contribution in [2.45, 2.75) is 11.8 Å². The van der Waals surface area contributed by atoms with Crippen LogP contribution < -0.4 is 0 Å². The zero-order chi connectivity index (χ0) is 10.7. The van der Waals surface area contributed by atoms with Crippen molar-refractivity contribution in [1.82, 2.24) is 0 Å². The largest absolute Gasteiger partial charge is 0.465 e. The Hall–Kier alpha value is -1.47. The normalized spacial score (nSPS) is 9.29. The van der Waals surface area contributed by atoms with Crippen molar-refractivity contribution in [2.24, 2.45) is 0 Å². The van der Waals surface area contributed by atoms with Gasteiger partial charge in [0.2, 0.25) is 0 Å². The van der Waals surface area contributed by atoms with E-state index in [0.29, 0.717) is 10.5 Å². The minimum atomic E-state index is -0.532. The van der Waals surface area contributed by atoms with Crippen molar-refractivity contribution in [1.29, 1.82) is 5.26 Å². The molecule has 0 fully saturated rings. The van der Waals surface area contributed by atoms with Gasteiger partial charge in [-0.3, -0.25) is 0 Å². The molecule has 0 saturated heterocycles. The topological polar surface area (TPSA) is 50.1 Å². The van der Waals surface area contributed by atoms with E-state index in [4.69, 9.17) is 5.26 Å². The highest BCUT2D eigenvalue weighted by molar-refractivity contribution is 7.80. The first-order valence-corrected chi connectivity index (χ1v) is 4.37. The summed E-state index contributed by atoms with van der Waals surface area (Å²) < 4.78 is 4.58. The molecule has 0 heterocycles. The maximum Gasteiger partial charge on any atom is 0.340 e. The van der Waals surface area contributed by atoms with E-state index < -0.39 is 5.97 Å². The molecule has 1 aromatic rings. The first-order chi connectivity index (χ1) is 6.61. The van der Waals surface area contributed by atoms with E-state index in [0.717, 1.165) is 5.56 Å². The van der Waals surface area contributed by atoms with Crippen LogP contribution in [0.5, 0.6) is 0 Å². The third-order valence-corrected chi connectivity index (χ3v) is 2.27. The van der Waals surface area contributed by atoms with Crippen molar-refractivity contribution >= 4 is 18.6 Å². The zero-order valence-electron chi connectivity index (χ0n) is 7.87. The lowest BCUT2D eigenvalue weighted by molar-refractivity contribution is 0.0596. The highest BCUT2D eigenvalue weighted by atomic mass is 32.1. The number of carbonyl (C=O) groups is 1. The van der Waals surface area contributed by atoms with E-state index in [1.165, 1.54) is 7.11 Å². The quantitative estimate of drug-likeness (QED) is 0.565. The molecule has 1 rings (SSSR count). The summed E-state index contributed by atoms with van der Waals surface area (Å²) in [6, 6.07) is 5.39. The van der Waals surface area contributed by atoms with Crippen LogP contribution in [0.2, 0.25) is 0 Å². The molecule has 4 heteroatoms. The first kappa shape index (κ1) is 10.6. The van der Waals surface area contributed by atoms with E-state index >= 15 is 0 Å². The molecular weight excluding hydrogens is 198 g/mol. The SMILES string of the molecule is COC(=O)c1c(S)ccc(C)c1C#N. The molecule has 0 unspecified atom stereocenters. The number of methoxy groups -OCH3 is 1. The van der Waals surface area contributed by atoms with Gasteiger partial charge in [0.1, 0.15) is 6.07 Å². The van der Waals surface area contributed by atoms with Crippen molar-refractivity contribution < 1.29 is 9.53 Å². The predicted octanol–water partition coefficient (Wildman–Crippen LogP) is 1.94. The molecule has 0 radical (unpaired) electrons. The molecule has 0 spiro atoms. The Morgan fingerprint density at radius 3 is 2.71 bits per heavy atom. The number of ether oxygens (including phenoxy) is 1. The molecule has 0 aliphatic carbocycles. The minimum Gasteiger partial charge on any atom is -0.465 e. The number of esters is 1. The molecule has 1 aromatic carbocycles. The molecule has 3 nitrogen and oxygen atoms in total. The van der Waals surface area contributed by atoms with Gasteiger partial charge in [-0.2, -0.15) is 5.26 Å². The summed E-state index contributed by atoms with van der Waals surface area (Å²) in [5.74, 6) is -0.532. The molecule has 0 N–H and O–H groups in total. The predicted molar refractivity (Wildman–Crippen MR) is 54.5 cm³/mol. The Labute approximate surface area is 87.7 Å². The van der Waals surface area contributed by atoms with Crippen LogP contribution in [-0.2, 0) is 4.74 Å². The van der Waals surface area contributed by atoms with Crippen LogP contribution >= 0.6 is 12.6 Å². The van der Waals surface area contributed by atoms with Crippen LogP contribution in [0, 0.1) is 18.3 Å². The smallest absolute Gasteiger partial charge is 0.340 e. The van der Waals surface area contributed by atoms with Gasteiger partial charge in [0, 0.05) is 4.90 Å².